The van der Waals surface area contributed by atoms with E-state index < -0.39 is 10.0 Å². The molecule has 3 rings (SSSR count). The van der Waals surface area contributed by atoms with E-state index in [9.17, 15) is 13.2 Å². The number of carbonyl (C=O) groups is 1. The fourth-order valence-electron chi connectivity index (χ4n) is 3.11. The average Bonchev–Trinajstić information content (AvgIpc) is 2.68. The third-order valence-corrected chi connectivity index (χ3v) is 6.57. The fraction of sp³-hybridized carbons (Fsp3) is 0.350. The number of benzene rings is 2. The van der Waals surface area contributed by atoms with E-state index in [0.29, 0.717) is 31.7 Å². The summed E-state index contributed by atoms with van der Waals surface area (Å²) in [7, 11) is -3.36. The quantitative estimate of drug-likeness (QED) is 0.810. The molecule has 0 radical (unpaired) electrons. The summed E-state index contributed by atoms with van der Waals surface area (Å²) >= 11 is 0. The number of carbonyl (C=O) groups excluding carboxylic acids is 1. The van der Waals surface area contributed by atoms with E-state index in [1.54, 1.807) is 4.90 Å². The molecule has 1 amide bonds. The van der Waals surface area contributed by atoms with Gasteiger partial charge >= 0.3 is 0 Å². The molecule has 6 heteroatoms. The Hall–Kier alpha value is -2.18. The smallest absolute Gasteiger partial charge is 0.253 e. The molecule has 0 unspecified atom stereocenters. The summed E-state index contributed by atoms with van der Waals surface area (Å²) in [5.41, 5.74) is 2.63. The Balaban J connectivity index is 1.60. The molecule has 0 spiro atoms. The maximum Gasteiger partial charge on any atom is 0.253 e. The summed E-state index contributed by atoms with van der Waals surface area (Å²) in [6.45, 7) is 3.60. The van der Waals surface area contributed by atoms with Crippen molar-refractivity contribution in [3.05, 3.63) is 71.3 Å². The van der Waals surface area contributed by atoms with Gasteiger partial charge in [-0.1, -0.05) is 49.4 Å². The highest BCUT2D eigenvalue weighted by atomic mass is 32.2. The average molecular weight is 372 g/mol. The van der Waals surface area contributed by atoms with Crippen LogP contribution < -0.4 is 0 Å². The van der Waals surface area contributed by atoms with Gasteiger partial charge in [0.15, 0.2) is 0 Å². The van der Waals surface area contributed by atoms with Crippen molar-refractivity contribution in [2.24, 2.45) is 0 Å². The Labute approximate surface area is 155 Å². The zero-order chi connectivity index (χ0) is 18.6. The van der Waals surface area contributed by atoms with Crippen molar-refractivity contribution >= 4 is 15.9 Å². The highest BCUT2D eigenvalue weighted by Gasteiger charge is 2.29. The lowest BCUT2D eigenvalue weighted by atomic mass is 10.1. The third-order valence-electron chi connectivity index (χ3n) is 4.72. The van der Waals surface area contributed by atoms with Crippen LogP contribution in [0.15, 0.2) is 54.6 Å². The van der Waals surface area contributed by atoms with Crippen LogP contribution in [0.5, 0.6) is 0 Å². The first-order valence-corrected chi connectivity index (χ1v) is 10.5. The molecule has 1 aliphatic rings. The minimum absolute atomic E-state index is 0.000264. The van der Waals surface area contributed by atoms with Crippen LogP contribution in [0.4, 0.5) is 0 Å². The number of rotatable bonds is 5. The first-order chi connectivity index (χ1) is 12.5. The molecule has 2 aromatic rings. The minimum Gasteiger partial charge on any atom is -0.336 e. The summed E-state index contributed by atoms with van der Waals surface area (Å²) in [4.78, 5) is 14.3. The van der Waals surface area contributed by atoms with Crippen molar-refractivity contribution in [2.75, 3.05) is 26.2 Å². The lowest BCUT2D eigenvalue weighted by Gasteiger charge is -2.34. The first kappa shape index (κ1) is 18.6. The molecule has 26 heavy (non-hydrogen) atoms. The lowest BCUT2D eigenvalue weighted by Crippen LogP contribution is -2.50. The summed E-state index contributed by atoms with van der Waals surface area (Å²) in [5, 5.41) is 0. The Morgan fingerprint density at radius 2 is 1.50 bits per heavy atom. The van der Waals surface area contributed by atoms with Crippen LogP contribution in [0, 0.1) is 0 Å². The number of amides is 1. The third kappa shape index (κ3) is 4.31. The molecule has 0 bridgehead atoms. The van der Waals surface area contributed by atoms with Gasteiger partial charge in [0.25, 0.3) is 5.91 Å². The largest absolute Gasteiger partial charge is 0.336 e. The second-order valence-corrected chi connectivity index (χ2v) is 8.45. The molecule has 1 fully saturated rings. The topological polar surface area (TPSA) is 57.7 Å². The Bertz CT molecular complexity index is 840. The molecule has 0 saturated carbocycles. The van der Waals surface area contributed by atoms with Crippen molar-refractivity contribution < 1.29 is 13.2 Å². The standard InChI is InChI=1S/C20H24N2O3S/c1-2-17-8-10-19(11-9-17)20(23)21-12-14-22(15-13-21)26(24,25)16-18-6-4-3-5-7-18/h3-11H,2,12-16H2,1H3. The molecule has 5 nitrogen and oxygen atoms in total. The predicted molar refractivity (Wildman–Crippen MR) is 102 cm³/mol. The molecule has 1 heterocycles. The van der Waals surface area contributed by atoms with Gasteiger partial charge in [-0.15, -0.1) is 0 Å². The van der Waals surface area contributed by atoms with Crippen molar-refractivity contribution in [3.63, 3.8) is 0 Å². The molecular weight excluding hydrogens is 348 g/mol. The molecule has 0 aromatic heterocycles. The highest BCUT2D eigenvalue weighted by Crippen LogP contribution is 2.15. The number of sulfonamides is 1. The van der Waals surface area contributed by atoms with E-state index in [1.165, 1.54) is 9.87 Å². The Morgan fingerprint density at radius 3 is 2.08 bits per heavy atom. The van der Waals surface area contributed by atoms with Gasteiger partial charge in [0, 0.05) is 31.7 Å². The molecule has 1 saturated heterocycles. The molecule has 138 valence electrons. The summed E-state index contributed by atoms with van der Waals surface area (Å²) < 4.78 is 26.7. The van der Waals surface area contributed by atoms with E-state index in [2.05, 4.69) is 6.92 Å². The summed E-state index contributed by atoms with van der Waals surface area (Å²) in [6.07, 6.45) is 0.937. The fourth-order valence-corrected chi connectivity index (χ4v) is 4.63. The zero-order valence-corrected chi connectivity index (χ0v) is 15.8. The van der Waals surface area contributed by atoms with Crippen LogP contribution in [0.25, 0.3) is 0 Å². The van der Waals surface area contributed by atoms with E-state index in [-0.39, 0.29) is 11.7 Å². The number of aryl methyl sites for hydroxylation is 1. The maximum absolute atomic E-state index is 12.6. The number of piperazine rings is 1. The second-order valence-electron chi connectivity index (χ2n) is 6.48. The number of nitrogens with zero attached hydrogens (tertiary/aromatic N) is 2. The van der Waals surface area contributed by atoms with E-state index in [4.69, 9.17) is 0 Å². The molecule has 2 aromatic carbocycles. The summed E-state index contributed by atoms with van der Waals surface area (Å²) in [5.74, 6) is -0.0342. The van der Waals surface area contributed by atoms with Crippen molar-refractivity contribution in [2.45, 2.75) is 19.1 Å². The van der Waals surface area contributed by atoms with Gasteiger partial charge in [0.05, 0.1) is 5.75 Å². The molecule has 0 atom stereocenters. The van der Waals surface area contributed by atoms with Gasteiger partial charge in [-0.25, -0.2) is 8.42 Å². The van der Waals surface area contributed by atoms with Crippen LogP contribution in [0.3, 0.4) is 0 Å². The second kappa shape index (κ2) is 8.01. The van der Waals surface area contributed by atoms with Crippen molar-refractivity contribution in [3.8, 4) is 0 Å². The van der Waals surface area contributed by atoms with E-state index in [1.807, 2.05) is 54.6 Å². The highest BCUT2D eigenvalue weighted by molar-refractivity contribution is 7.88. The maximum atomic E-state index is 12.6. The normalized spacial score (nSPS) is 15.8. The van der Waals surface area contributed by atoms with Crippen LogP contribution in [0.2, 0.25) is 0 Å². The van der Waals surface area contributed by atoms with Crippen LogP contribution >= 0.6 is 0 Å². The van der Waals surface area contributed by atoms with Crippen molar-refractivity contribution in [1.29, 1.82) is 0 Å². The van der Waals surface area contributed by atoms with Crippen LogP contribution in [-0.2, 0) is 22.2 Å². The van der Waals surface area contributed by atoms with Gasteiger partial charge in [0.1, 0.15) is 0 Å². The minimum atomic E-state index is -3.36. The summed E-state index contributed by atoms with van der Waals surface area (Å²) in [6, 6.07) is 16.8. The lowest BCUT2D eigenvalue weighted by molar-refractivity contribution is 0.0698. The Kier molecular flexibility index (Phi) is 5.74. The Morgan fingerprint density at radius 1 is 0.885 bits per heavy atom. The molecule has 0 N–H and O–H groups in total. The first-order valence-electron chi connectivity index (χ1n) is 8.89. The van der Waals surface area contributed by atoms with Gasteiger partial charge in [-0.05, 0) is 29.7 Å². The molecule has 0 aliphatic carbocycles. The monoisotopic (exact) mass is 372 g/mol. The van der Waals surface area contributed by atoms with Gasteiger partial charge in [-0.3, -0.25) is 4.79 Å². The predicted octanol–water partition coefficient (Wildman–Crippen LogP) is 2.54. The number of hydrogen-bond donors (Lipinski definition) is 0. The van der Waals surface area contributed by atoms with Crippen molar-refractivity contribution in [1.82, 2.24) is 9.21 Å². The molecule has 1 aliphatic heterocycles. The van der Waals surface area contributed by atoms with Gasteiger partial charge in [0.2, 0.25) is 10.0 Å². The van der Waals surface area contributed by atoms with Crippen LogP contribution in [0.1, 0.15) is 28.4 Å². The van der Waals surface area contributed by atoms with Gasteiger partial charge in [-0.2, -0.15) is 4.31 Å². The van der Waals surface area contributed by atoms with E-state index in [0.717, 1.165) is 12.0 Å². The molecular formula is C20H24N2O3S. The number of hydrogen-bond acceptors (Lipinski definition) is 3. The van der Waals surface area contributed by atoms with Gasteiger partial charge < -0.3 is 4.90 Å². The van der Waals surface area contributed by atoms with Crippen LogP contribution in [-0.4, -0.2) is 49.7 Å². The SMILES string of the molecule is CCc1ccc(C(=O)N2CCN(S(=O)(=O)Cc3ccccc3)CC2)cc1. The zero-order valence-electron chi connectivity index (χ0n) is 15.0. The van der Waals surface area contributed by atoms with E-state index >= 15 is 0 Å².